The van der Waals surface area contributed by atoms with E-state index in [0.717, 1.165) is 14.5 Å². The van der Waals surface area contributed by atoms with Crippen LogP contribution in [-0.2, 0) is 4.79 Å². The summed E-state index contributed by atoms with van der Waals surface area (Å²) in [5.74, 6) is -0.961. The van der Waals surface area contributed by atoms with Crippen molar-refractivity contribution in [3.05, 3.63) is 68.6 Å². The molecule has 22 heavy (non-hydrogen) atoms. The van der Waals surface area contributed by atoms with Crippen LogP contribution in [0.15, 0.2) is 57.5 Å². The topological polar surface area (TPSA) is 37.4 Å². The van der Waals surface area contributed by atoms with Crippen molar-refractivity contribution in [2.45, 2.75) is 0 Å². The molecule has 1 aliphatic rings. The van der Waals surface area contributed by atoms with Crippen LogP contribution in [0.2, 0.25) is 0 Å². The number of halogens is 2. The highest BCUT2D eigenvalue weighted by atomic mass is 79.9. The van der Waals surface area contributed by atoms with E-state index in [0.29, 0.717) is 17.8 Å². The number of ketones is 1. The lowest BCUT2D eigenvalue weighted by Crippen LogP contribution is -2.29. The lowest BCUT2D eigenvalue weighted by Gasteiger charge is -2.15. The van der Waals surface area contributed by atoms with E-state index in [4.69, 9.17) is 0 Å². The fraction of sp³-hybridized carbons (Fsp3) is 0.0588. The molecule has 0 aromatic heterocycles. The van der Waals surface area contributed by atoms with Crippen molar-refractivity contribution >= 4 is 55.3 Å². The van der Waals surface area contributed by atoms with Crippen molar-refractivity contribution in [1.82, 2.24) is 0 Å². The van der Waals surface area contributed by atoms with Gasteiger partial charge in [0.1, 0.15) is 0 Å². The fourth-order valence-electron chi connectivity index (χ4n) is 2.39. The van der Waals surface area contributed by atoms with Gasteiger partial charge in [-0.2, -0.15) is 0 Å². The number of amides is 1. The highest BCUT2D eigenvalue weighted by Gasteiger charge is 2.36. The van der Waals surface area contributed by atoms with E-state index in [9.17, 15) is 9.59 Å². The molecular weight excluding hydrogens is 410 g/mol. The van der Waals surface area contributed by atoms with E-state index < -0.39 is 11.7 Å². The van der Waals surface area contributed by atoms with E-state index in [2.05, 4.69) is 31.9 Å². The third-order valence-corrected chi connectivity index (χ3v) is 4.44. The summed E-state index contributed by atoms with van der Waals surface area (Å²) in [6.07, 6.45) is 3.81. The average molecular weight is 421 g/mol. The number of carbonyl (C=O) groups excluding carboxylic acids is 2. The van der Waals surface area contributed by atoms with Crippen LogP contribution >= 0.6 is 31.9 Å². The summed E-state index contributed by atoms with van der Waals surface area (Å²) < 4.78 is 1.49. The van der Waals surface area contributed by atoms with Gasteiger partial charge in [0.2, 0.25) is 0 Å². The number of hydrogen-bond donors (Lipinski definition) is 0. The third-order valence-electron chi connectivity index (χ3n) is 3.38. The van der Waals surface area contributed by atoms with Gasteiger partial charge in [0.05, 0.1) is 11.3 Å². The van der Waals surface area contributed by atoms with Gasteiger partial charge in [-0.25, -0.2) is 0 Å². The highest BCUT2D eigenvalue weighted by Crippen LogP contribution is 2.38. The number of rotatable bonds is 3. The number of benzene rings is 2. The molecule has 0 atom stereocenters. The normalized spacial score (nSPS) is 14.0. The molecule has 110 valence electrons. The number of carbonyl (C=O) groups is 2. The molecule has 0 radical (unpaired) electrons. The molecule has 2 aromatic rings. The average Bonchev–Trinajstić information content (AvgIpc) is 2.74. The first-order valence-electron chi connectivity index (χ1n) is 6.65. The first-order chi connectivity index (χ1) is 10.6. The van der Waals surface area contributed by atoms with Crippen LogP contribution in [0, 0.1) is 0 Å². The quantitative estimate of drug-likeness (QED) is 0.687. The summed E-state index contributed by atoms with van der Waals surface area (Å²) in [6, 6.07) is 13.3. The molecule has 0 bridgehead atoms. The van der Waals surface area contributed by atoms with Gasteiger partial charge in [0.15, 0.2) is 0 Å². The van der Waals surface area contributed by atoms with Crippen LogP contribution in [0.3, 0.4) is 0 Å². The number of fused-ring (bicyclic) bond motifs is 1. The van der Waals surface area contributed by atoms with E-state index in [1.807, 2.05) is 48.6 Å². The molecule has 1 aliphatic heterocycles. The second-order valence-corrected chi connectivity index (χ2v) is 6.61. The Balaban J connectivity index is 1.89. The summed E-state index contributed by atoms with van der Waals surface area (Å²) in [5, 5.41) is 0. The van der Waals surface area contributed by atoms with Gasteiger partial charge in [-0.15, -0.1) is 0 Å². The number of anilines is 1. The molecule has 3 rings (SSSR count). The Morgan fingerprint density at radius 2 is 1.77 bits per heavy atom. The fourth-order valence-corrected chi connectivity index (χ4v) is 3.82. The van der Waals surface area contributed by atoms with Crippen LogP contribution in [0.25, 0.3) is 6.08 Å². The molecule has 0 spiro atoms. The predicted octanol–water partition coefficient (Wildman–Crippen LogP) is 4.45. The van der Waals surface area contributed by atoms with Crippen LogP contribution in [-0.4, -0.2) is 18.2 Å². The van der Waals surface area contributed by atoms with E-state index in [1.54, 1.807) is 6.07 Å². The summed E-state index contributed by atoms with van der Waals surface area (Å²) in [5.41, 5.74) is 2.12. The minimum atomic E-state index is -0.494. The minimum absolute atomic E-state index is 0.354. The molecule has 1 amide bonds. The number of hydrogen-bond acceptors (Lipinski definition) is 2. The zero-order valence-corrected chi connectivity index (χ0v) is 14.6. The Labute approximate surface area is 144 Å². The maximum Gasteiger partial charge on any atom is 0.299 e. The molecular formula is C17H11Br2NO2. The largest absolute Gasteiger partial charge is 0.300 e. The maximum absolute atomic E-state index is 12.2. The summed E-state index contributed by atoms with van der Waals surface area (Å²) in [4.78, 5) is 25.8. The zero-order chi connectivity index (χ0) is 15.7. The third kappa shape index (κ3) is 2.78. The lowest BCUT2D eigenvalue weighted by molar-refractivity contribution is -0.114. The summed E-state index contributed by atoms with van der Waals surface area (Å²) in [7, 11) is 0. The molecule has 3 nitrogen and oxygen atoms in total. The van der Waals surface area contributed by atoms with Gasteiger partial charge in [-0.3, -0.25) is 14.5 Å². The highest BCUT2D eigenvalue weighted by molar-refractivity contribution is 9.11. The second-order valence-electron chi connectivity index (χ2n) is 4.84. The van der Waals surface area contributed by atoms with Crippen LogP contribution in [0.5, 0.6) is 0 Å². The van der Waals surface area contributed by atoms with Crippen molar-refractivity contribution in [3.8, 4) is 0 Å². The van der Waals surface area contributed by atoms with Crippen molar-refractivity contribution in [2.75, 3.05) is 11.4 Å². The maximum atomic E-state index is 12.2. The van der Waals surface area contributed by atoms with Crippen molar-refractivity contribution in [3.63, 3.8) is 0 Å². The Hall–Kier alpha value is -1.72. The molecule has 5 heteroatoms. The predicted molar refractivity (Wildman–Crippen MR) is 94.0 cm³/mol. The SMILES string of the molecule is O=C1C(=O)N(C/C=C/c2ccccc2)c2c(Br)cc(Br)cc21. The standard InChI is InChI=1S/C17H11Br2NO2/c18-12-9-13-15(14(19)10-12)20(17(22)16(13)21)8-4-7-11-5-2-1-3-6-11/h1-7,9-10H,8H2/b7-4+. The van der Waals surface area contributed by atoms with Gasteiger partial charge in [-0.05, 0) is 33.6 Å². The monoisotopic (exact) mass is 419 g/mol. The molecule has 2 aromatic carbocycles. The summed E-state index contributed by atoms with van der Waals surface area (Å²) in [6.45, 7) is 0.354. The first-order valence-corrected chi connectivity index (χ1v) is 8.23. The van der Waals surface area contributed by atoms with Gasteiger partial charge in [-0.1, -0.05) is 58.4 Å². The molecule has 0 saturated heterocycles. The van der Waals surface area contributed by atoms with Gasteiger partial charge in [0, 0.05) is 15.5 Å². The number of nitrogens with zero attached hydrogens (tertiary/aromatic N) is 1. The molecule has 1 heterocycles. The van der Waals surface area contributed by atoms with Crippen molar-refractivity contribution < 1.29 is 9.59 Å². The summed E-state index contributed by atoms with van der Waals surface area (Å²) >= 11 is 6.77. The number of Topliss-reactive ketones (excluding diaryl/α,β-unsaturated/α-hetero) is 1. The van der Waals surface area contributed by atoms with Crippen LogP contribution in [0.1, 0.15) is 15.9 Å². The lowest BCUT2D eigenvalue weighted by atomic mass is 10.1. The Morgan fingerprint density at radius 3 is 2.50 bits per heavy atom. The van der Waals surface area contributed by atoms with Crippen molar-refractivity contribution in [1.29, 1.82) is 0 Å². The Morgan fingerprint density at radius 1 is 1.05 bits per heavy atom. The van der Waals surface area contributed by atoms with Crippen LogP contribution < -0.4 is 4.90 Å². The smallest absolute Gasteiger partial charge is 0.299 e. The van der Waals surface area contributed by atoms with Gasteiger partial charge < -0.3 is 0 Å². The van der Waals surface area contributed by atoms with Gasteiger partial charge >= 0.3 is 0 Å². The van der Waals surface area contributed by atoms with E-state index in [1.165, 1.54) is 4.90 Å². The van der Waals surface area contributed by atoms with E-state index in [-0.39, 0.29) is 0 Å². The minimum Gasteiger partial charge on any atom is -0.300 e. The van der Waals surface area contributed by atoms with Crippen LogP contribution in [0.4, 0.5) is 5.69 Å². The zero-order valence-electron chi connectivity index (χ0n) is 11.4. The Kier molecular flexibility index (Phi) is 4.27. The van der Waals surface area contributed by atoms with Crippen molar-refractivity contribution in [2.24, 2.45) is 0 Å². The van der Waals surface area contributed by atoms with Gasteiger partial charge in [0.25, 0.3) is 11.7 Å². The Bertz CT molecular complexity index is 785. The molecule has 0 fully saturated rings. The first kappa shape index (κ1) is 15.2. The molecule has 0 N–H and O–H groups in total. The molecule has 0 unspecified atom stereocenters. The molecule has 0 aliphatic carbocycles. The second kappa shape index (κ2) is 6.18. The van der Waals surface area contributed by atoms with E-state index >= 15 is 0 Å². The molecule has 0 saturated carbocycles.